The fourth-order valence-corrected chi connectivity index (χ4v) is 3.45. The molecule has 0 fully saturated rings. The molecule has 3 aromatic carbocycles. The van der Waals surface area contributed by atoms with Gasteiger partial charge >= 0.3 is 0 Å². The van der Waals surface area contributed by atoms with E-state index in [4.69, 9.17) is 0 Å². The molecule has 1 aliphatic rings. The lowest BCUT2D eigenvalue weighted by Crippen LogP contribution is -2.17. The van der Waals surface area contributed by atoms with Crippen molar-refractivity contribution in [3.63, 3.8) is 0 Å². The van der Waals surface area contributed by atoms with Crippen molar-refractivity contribution in [1.29, 1.82) is 0 Å². The average Bonchev–Trinajstić information content (AvgIpc) is 3.11. The molecule has 0 aliphatic carbocycles. The standard InChI is InChI=1S/C23H21N3O2/c1-26(2)17-10-8-15(9-11-17)18-12-13-20(21-19(18)14-24-23(21)28)25-22(27)16-6-4-3-5-7-16/h3-13H,14H2,1-2H3,(H,24,28)(H,25,27). The molecule has 0 aromatic heterocycles. The minimum atomic E-state index is -0.231. The zero-order valence-corrected chi connectivity index (χ0v) is 15.8. The summed E-state index contributed by atoms with van der Waals surface area (Å²) in [7, 11) is 4.00. The van der Waals surface area contributed by atoms with Gasteiger partial charge in [0.15, 0.2) is 0 Å². The van der Waals surface area contributed by atoms with Crippen LogP contribution in [0.5, 0.6) is 0 Å². The summed E-state index contributed by atoms with van der Waals surface area (Å²) >= 11 is 0. The van der Waals surface area contributed by atoms with E-state index in [0.717, 1.165) is 22.4 Å². The summed E-state index contributed by atoms with van der Waals surface area (Å²) < 4.78 is 0. The largest absolute Gasteiger partial charge is 0.378 e. The molecule has 0 bridgehead atoms. The Kier molecular flexibility index (Phi) is 4.57. The molecule has 0 saturated heterocycles. The molecule has 2 N–H and O–H groups in total. The van der Waals surface area contributed by atoms with Crippen LogP contribution in [0.3, 0.4) is 0 Å². The molecule has 0 atom stereocenters. The first-order valence-electron chi connectivity index (χ1n) is 9.13. The molecular weight excluding hydrogens is 350 g/mol. The van der Waals surface area contributed by atoms with E-state index in [1.807, 2.05) is 43.3 Å². The molecular formula is C23H21N3O2. The van der Waals surface area contributed by atoms with Crippen molar-refractivity contribution >= 4 is 23.2 Å². The van der Waals surface area contributed by atoms with Gasteiger partial charge in [0.25, 0.3) is 11.8 Å². The van der Waals surface area contributed by atoms with Gasteiger partial charge in [-0.3, -0.25) is 9.59 Å². The fraction of sp³-hybridized carbons (Fsp3) is 0.130. The van der Waals surface area contributed by atoms with E-state index in [9.17, 15) is 9.59 Å². The lowest BCUT2D eigenvalue weighted by atomic mass is 9.95. The number of hydrogen-bond donors (Lipinski definition) is 2. The topological polar surface area (TPSA) is 61.4 Å². The number of rotatable bonds is 4. The molecule has 0 saturated carbocycles. The van der Waals surface area contributed by atoms with Crippen molar-refractivity contribution in [2.75, 3.05) is 24.3 Å². The van der Waals surface area contributed by atoms with Gasteiger partial charge in [-0.15, -0.1) is 0 Å². The quantitative estimate of drug-likeness (QED) is 0.731. The van der Waals surface area contributed by atoms with Crippen LogP contribution in [0.25, 0.3) is 11.1 Å². The Morgan fingerprint density at radius 3 is 2.36 bits per heavy atom. The fourth-order valence-electron chi connectivity index (χ4n) is 3.45. The Labute approximate surface area is 164 Å². The number of nitrogens with zero attached hydrogens (tertiary/aromatic N) is 1. The number of carbonyl (C=O) groups excluding carboxylic acids is 2. The van der Waals surface area contributed by atoms with Crippen molar-refractivity contribution in [1.82, 2.24) is 5.32 Å². The molecule has 140 valence electrons. The van der Waals surface area contributed by atoms with Crippen LogP contribution in [-0.2, 0) is 6.54 Å². The highest BCUT2D eigenvalue weighted by molar-refractivity contribution is 6.11. The summed E-state index contributed by atoms with van der Waals surface area (Å²) in [5.74, 6) is -0.393. The van der Waals surface area contributed by atoms with Gasteiger partial charge in [0.1, 0.15) is 0 Å². The lowest BCUT2D eigenvalue weighted by Gasteiger charge is -2.15. The molecule has 0 radical (unpaired) electrons. The van der Waals surface area contributed by atoms with Gasteiger partial charge in [0, 0.05) is 31.9 Å². The SMILES string of the molecule is CN(C)c1ccc(-c2ccc(NC(=O)c3ccccc3)c3c2CNC3=O)cc1. The predicted molar refractivity (Wildman–Crippen MR) is 112 cm³/mol. The van der Waals surface area contributed by atoms with E-state index in [-0.39, 0.29) is 11.8 Å². The second kappa shape index (κ2) is 7.19. The number of nitrogens with one attached hydrogen (secondary N) is 2. The zero-order valence-electron chi connectivity index (χ0n) is 15.8. The first kappa shape index (κ1) is 17.8. The molecule has 5 heteroatoms. The van der Waals surface area contributed by atoms with E-state index in [1.54, 1.807) is 18.2 Å². The molecule has 28 heavy (non-hydrogen) atoms. The van der Waals surface area contributed by atoms with Crippen LogP contribution in [0, 0.1) is 0 Å². The van der Waals surface area contributed by atoms with E-state index >= 15 is 0 Å². The van der Waals surface area contributed by atoms with Gasteiger partial charge in [0.2, 0.25) is 0 Å². The normalized spacial score (nSPS) is 12.3. The van der Waals surface area contributed by atoms with E-state index in [2.05, 4.69) is 34.9 Å². The number of carbonyl (C=O) groups is 2. The van der Waals surface area contributed by atoms with Crippen molar-refractivity contribution < 1.29 is 9.59 Å². The summed E-state index contributed by atoms with van der Waals surface area (Å²) in [6.45, 7) is 0.452. The average molecular weight is 371 g/mol. The Morgan fingerprint density at radius 1 is 0.964 bits per heavy atom. The Balaban J connectivity index is 1.71. The van der Waals surface area contributed by atoms with Crippen LogP contribution in [0.4, 0.5) is 11.4 Å². The van der Waals surface area contributed by atoms with Crippen LogP contribution < -0.4 is 15.5 Å². The van der Waals surface area contributed by atoms with E-state index in [0.29, 0.717) is 23.4 Å². The van der Waals surface area contributed by atoms with E-state index < -0.39 is 0 Å². The van der Waals surface area contributed by atoms with Crippen LogP contribution in [0.15, 0.2) is 66.7 Å². The molecule has 0 unspecified atom stereocenters. The minimum absolute atomic E-state index is 0.162. The molecule has 1 aliphatic heterocycles. The molecule has 1 heterocycles. The number of fused-ring (bicyclic) bond motifs is 1. The summed E-state index contributed by atoms with van der Waals surface area (Å²) in [6.07, 6.45) is 0. The second-order valence-electron chi connectivity index (χ2n) is 6.96. The number of hydrogen-bond acceptors (Lipinski definition) is 3. The van der Waals surface area contributed by atoms with Crippen molar-refractivity contribution in [2.24, 2.45) is 0 Å². The van der Waals surface area contributed by atoms with Crippen LogP contribution in [0.2, 0.25) is 0 Å². The summed E-state index contributed by atoms with van der Waals surface area (Å²) in [5.41, 5.74) is 5.69. The zero-order chi connectivity index (χ0) is 19.7. The van der Waals surface area contributed by atoms with Crippen LogP contribution >= 0.6 is 0 Å². The Morgan fingerprint density at radius 2 is 1.68 bits per heavy atom. The third-order valence-electron chi connectivity index (χ3n) is 4.94. The van der Waals surface area contributed by atoms with Gasteiger partial charge in [0.05, 0.1) is 11.3 Å². The third-order valence-corrected chi connectivity index (χ3v) is 4.94. The van der Waals surface area contributed by atoms with Crippen molar-refractivity contribution in [3.05, 3.63) is 83.4 Å². The molecule has 3 aromatic rings. The highest BCUT2D eigenvalue weighted by Crippen LogP contribution is 2.34. The van der Waals surface area contributed by atoms with Crippen LogP contribution in [-0.4, -0.2) is 25.9 Å². The molecule has 4 rings (SSSR count). The molecule has 0 spiro atoms. The minimum Gasteiger partial charge on any atom is -0.378 e. The second-order valence-corrected chi connectivity index (χ2v) is 6.96. The monoisotopic (exact) mass is 371 g/mol. The van der Waals surface area contributed by atoms with Gasteiger partial charge in [-0.25, -0.2) is 0 Å². The maximum absolute atomic E-state index is 12.5. The lowest BCUT2D eigenvalue weighted by molar-refractivity contribution is 0.0966. The van der Waals surface area contributed by atoms with Gasteiger partial charge < -0.3 is 15.5 Å². The van der Waals surface area contributed by atoms with Gasteiger partial charge in [-0.05, 0) is 47.0 Å². The smallest absolute Gasteiger partial charge is 0.255 e. The number of anilines is 2. The number of amides is 2. The summed E-state index contributed by atoms with van der Waals surface area (Å²) in [6, 6.07) is 21.0. The Hall–Kier alpha value is -3.60. The van der Waals surface area contributed by atoms with Crippen molar-refractivity contribution in [2.45, 2.75) is 6.54 Å². The maximum atomic E-state index is 12.5. The first-order valence-corrected chi connectivity index (χ1v) is 9.13. The molecule has 2 amide bonds. The van der Waals surface area contributed by atoms with Crippen LogP contribution in [0.1, 0.15) is 26.3 Å². The maximum Gasteiger partial charge on any atom is 0.255 e. The first-order chi connectivity index (χ1) is 13.5. The molecule has 5 nitrogen and oxygen atoms in total. The highest BCUT2D eigenvalue weighted by atomic mass is 16.2. The van der Waals surface area contributed by atoms with Gasteiger partial charge in [-0.1, -0.05) is 36.4 Å². The third kappa shape index (κ3) is 3.22. The number of benzene rings is 3. The van der Waals surface area contributed by atoms with Crippen molar-refractivity contribution in [3.8, 4) is 11.1 Å². The summed E-state index contributed by atoms with van der Waals surface area (Å²) in [4.78, 5) is 27.0. The highest BCUT2D eigenvalue weighted by Gasteiger charge is 2.26. The Bertz CT molecular complexity index is 1040. The van der Waals surface area contributed by atoms with Gasteiger partial charge in [-0.2, -0.15) is 0 Å². The predicted octanol–water partition coefficient (Wildman–Crippen LogP) is 3.92. The van der Waals surface area contributed by atoms with E-state index in [1.165, 1.54) is 0 Å². The summed E-state index contributed by atoms with van der Waals surface area (Å²) in [5, 5.41) is 5.76.